The average molecular weight is 199 g/mol. The van der Waals surface area contributed by atoms with Gasteiger partial charge in [0.2, 0.25) is 0 Å². The third-order valence-corrected chi connectivity index (χ3v) is 1.99. The highest BCUT2D eigenvalue weighted by Gasteiger charge is 1.95. The molecule has 1 rings (SSSR count). The normalized spacial score (nSPS) is 11.0. The van der Waals surface area contributed by atoms with Gasteiger partial charge in [-0.2, -0.15) is 0 Å². The van der Waals surface area contributed by atoms with Crippen LogP contribution >= 0.6 is 11.6 Å². The third kappa shape index (κ3) is 3.19. The first kappa shape index (κ1) is 10.3. The van der Waals surface area contributed by atoms with Crippen molar-refractivity contribution in [1.29, 1.82) is 0 Å². The molecule has 0 aliphatic heterocycles. The summed E-state index contributed by atoms with van der Waals surface area (Å²) in [7, 11) is 0. The molecule has 0 saturated heterocycles. The Bertz CT molecular complexity index is 305. The van der Waals surface area contributed by atoms with Crippen LogP contribution < -0.4 is 0 Å². The first-order valence-electron chi connectivity index (χ1n) is 4.22. The summed E-state index contributed by atoms with van der Waals surface area (Å²) in [5.41, 5.74) is 1.69. The number of rotatable bonds is 3. The molecule has 2 heteroatoms. The predicted molar refractivity (Wildman–Crippen MR) is 55.5 cm³/mol. The summed E-state index contributed by atoms with van der Waals surface area (Å²) in [6.45, 7) is 1.76. The standard InChI is InChI=1S/C11H12ClF/c1-9-8-10(4-2-3-7-12)5-6-11(9)13/h2,4-6,8H,3,7H2,1H3. The molecule has 0 fully saturated rings. The van der Waals surface area contributed by atoms with Crippen molar-refractivity contribution in [2.75, 3.05) is 5.88 Å². The quantitative estimate of drug-likeness (QED) is 0.649. The van der Waals surface area contributed by atoms with Gasteiger partial charge in [0.15, 0.2) is 0 Å². The molecule has 1 aromatic rings. The molecular formula is C11H12ClF. The Balaban J connectivity index is 2.73. The monoisotopic (exact) mass is 198 g/mol. The van der Waals surface area contributed by atoms with Crippen LogP contribution in [-0.4, -0.2) is 5.88 Å². The summed E-state index contributed by atoms with van der Waals surface area (Å²) < 4.78 is 12.8. The van der Waals surface area contributed by atoms with E-state index < -0.39 is 0 Å². The molecule has 0 heterocycles. The molecule has 0 bridgehead atoms. The second kappa shape index (κ2) is 5.03. The van der Waals surface area contributed by atoms with Gasteiger partial charge < -0.3 is 0 Å². The number of hydrogen-bond acceptors (Lipinski definition) is 0. The molecule has 0 atom stereocenters. The van der Waals surface area contributed by atoms with Crippen LogP contribution in [0.1, 0.15) is 17.5 Å². The van der Waals surface area contributed by atoms with E-state index >= 15 is 0 Å². The summed E-state index contributed by atoms with van der Waals surface area (Å²) in [5.74, 6) is 0.464. The molecule has 0 aromatic heterocycles. The number of alkyl halides is 1. The molecular weight excluding hydrogens is 187 g/mol. The van der Waals surface area contributed by atoms with E-state index in [1.165, 1.54) is 6.07 Å². The molecule has 0 N–H and O–H groups in total. The molecule has 0 amide bonds. The van der Waals surface area contributed by atoms with E-state index in [2.05, 4.69) is 0 Å². The molecule has 0 aliphatic carbocycles. The van der Waals surface area contributed by atoms with Crippen molar-refractivity contribution >= 4 is 17.7 Å². The highest BCUT2D eigenvalue weighted by Crippen LogP contribution is 2.10. The van der Waals surface area contributed by atoms with Gasteiger partial charge in [0.1, 0.15) is 5.82 Å². The van der Waals surface area contributed by atoms with Crippen molar-refractivity contribution in [3.05, 3.63) is 41.2 Å². The number of hydrogen-bond donors (Lipinski definition) is 0. The Morgan fingerprint density at radius 3 is 2.85 bits per heavy atom. The Hall–Kier alpha value is -0.820. The van der Waals surface area contributed by atoms with E-state index in [0.29, 0.717) is 11.4 Å². The van der Waals surface area contributed by atoms with Gasteiger partial charge in [-0.25, -0.2) is 4.39 Å². The van der Waals surface area contributed by atoms with Gasteiger partial charge in [-0.15, -0.1) is 11.6 Å². The lowest BCUT2D eigenvalue weighted by atomic mass is 10.1. The van der Waals surface area contributed by atoms with Gasteiger partial charge in [-0.1, -0.05) is 18.2 Å². The van der Waals surface area contributed by atoms with Gasteiger partial charge in [-0.05, 0) is 36.6 Å². The molecule has 70 valence electrons. The van der Waals surface area contributed by atoms with E-state index in [1.807, 2.05) is 18.2 Å². The van der Waals surface area contributed by atoms with Crippen molar-refractivity contribution in [2.24, 2.45) is 0 Å². The van der Waals surface area contributed by atoms with Crippen molar-refractivity contribution in [2.45, 2.75) is 13.3 Å². The molecule has 0 aliphatic rings. The lowest BCUT2D eigenvalue weighted by Crippen LogP contribution is -1.82. The second-order valence-corrected chi connectivity index (χ2v) is 3.27. The van der Waals surface area contributed by atoms with Crippen molar-refractivity contribution in [1.82, 2.24) is 0 Å². The van der Waals surface area contributed by atoms with Crippen LogP contribution in [-0.2, 0) is 0 Å². The van der Waals surface area contributed by atoms with Crippen molar-refractivity contribution < 1.29 is 4.39 Å². The lowest BCUT2D eigenvalue weighted by molar-refractivity contribution is 0.618. The maximum atomic E-state index is 12.8. The maximum absolute atomic E-state index is 12.8. The minimum absolute atomic E-state index is 0.158. The molecule has 13 heavy (non-hydrogen) atoms. The largest absolute Gasteiger partial charge is 0.207 e. The first-order chi connectivity index (χ1) is 6.24. The predicted octanol–water partition coefficient (Wildman–Crippen LogP) is 3.78. The summed E-state index contributed by atoms with van der Waals surface area (Å²) in [5, 5.41) is 0. The van der Waals surface area contributed by atoms with Gasteiger partial charge in [-0.3, -0.25) is 0 Å². The Morgan fingerprint density at radius 2 is 2.23 bits per heavy atom. The zero-order valence-electron chi connectivity index (χ0n) is 7.56. The maximum Gasteiger partial charge on any atom is 0.126 e. The third-order valence-electron chi connectivity index (χ3n) is 1.77. The van der Waals surface area contributed by atoms with E-state index in [-0.39, 0.29) is 5.82 Å². The topological polar surface area (TPSA) is 0 Å². The number of benzene rings is 1. The van der Waals surface area contributed by atoms with Crippen LogP contribution in [0.25, 0.3) is 6.08 Å². The zero-order valence-corrected chi connectivity index (χ0v) is 8.31. The summed E-state index contributed by atoms with van der Waals surface area (Å²) in [6, 6.07) is 5.06. The summed E-state index contributed by atoms with van der Waals surface area (Å²) in [4.78, 5) is 0. The Morgan fingerprint density at radius 1 is 1.46 bits per heavy atom. The highest BCUT2D eigenvalue weighted by molar-refractivity contribution is 6.17. The van der Waals surface area contributed by atoms with Gasteiger partial charge in [0.05, 0.1) is 0 Å². The molecule has 1 aromatic carbocycles. The molecule has 0 spiro atoms. The fourth-order valence-electron chi connectivity index (χ4n) is 1.05. The SMILES string of the molecule is Cc1cc(C=CCCCl)ccc1F. The van der Waals surface area contributed by atoms with Gasteiger partial charge >= 0.3 is 0 Å². The van der Waals surface area contributed by atoms with E-state index in [1.54, 1.807) is 13.0 Å². The smallest absolute Gasteiger partial charge is 0.126 e. The summed E-state index contributed by atoms with van der Waals surface area (Å²) >= 11 is 5.51. The number of aryl methyl sites for hydroxylation is 1. The Labute approximate surface area is 83.0 Å². The zero-order chi connectivity index (χ0) is 9.68. The highest BCUT2D eigenvalue weighted by atomic mass is 35.5. The van der Waals surface area contributed by atoms with Crippen LogP contribution in [0.3, 0.4) is 0 Å². The van der Waals surface area contributed by atoms with E-state index in [4.69, 9.17) is 11.6 Å². The van der Waals surface area contributed by atoms with Crippen LogP contribution in [0.5, 0.6) is 0 Å². The van der Waals surface area contributed by atoms with Gasteiger partial charge in [0.25, 0.3) is 0 Å². The molecule has 0 nitrogen and oxygen atoms in total. The van der Waals surface area contributed by atoms with E-state index in [0.717, 1.165) is 12.0 Å². The van der Waals surface area contributed by atoms with Crippen LogP contribution in [0.4, 0.5) is 4.39 Å². The minimum Gasteiger partial charge on any atom is -0.207 e. The summed E-state index contributed by atoms with van der Waals surface area (Å²) in [6.07, 6.45) is 4.78. The average Bonchev–Trinajstić information content (AvgIpc) is 2.12. The first-order valence-corrected chi connectivity index (χ1v) is 4.76. The minimum atomic E-state index is -0.158. The van der Waals surface area contributed by atoms with E-state index in [9.17, 15) is 4.39 Å². The molecule has 0 saturated carbocycles. The van der Waals surface area contributed by atoms with Crippen LogP contribution in [0.15, 0.2) is 24.3 Å². The van der Waals surface area contributed by atoms with Crippen LogP contribution in [0.2, 0.25) is 0 Å². The van der Waals surface area contributed by atoms with Crippen molar-refractivity contribution in [3.8, 4) is 0 Å². The molecule has 0 radical (unpaired) electrons. The number of allylic oxidation sites excluding steroid dienone is 1. The fourth-order valence-corrected chi connectivity index (χ4v) is 1.18. The lowest BCUT2D eigenvalue weighted by Gasteiger charge is -1.97. The fraction of sp³-hybridized carbons (Fsp3) is 0.273. The van der Waals surface area contributed by atoms with Gasteiger partial charge in [0, 0.05) is 5.88 Å². The van der Waals surface area contributed by atoms with Crippen LogP contribution in [0, 0.1) is 12.7 Å². The second-order valence-electron chi connectivity index (χ2n) is 2.89. The van der Waals surface area contributed by atoms with Crippen molar-refractivity contribution in [3.63, 3.8) is 0 Å². The number of halogens is 2. The Kier molecular flexibility index (Phi) is 3.97. The molecule has 0 unspecified atom stereocenters.